The molecule has 1 rings (SSSR count). The minimum atomic E-state index is 0.0134. The SMILES string of the molecule is CCC(=O)Nc1csc(Cl)c1. The van der Waals surface area contributed by atoms with E-state index in [4.69, 9.17) is 11.6 Å². The highest BCUT2D eigenvalue weighted by Crippen LogP contribution is 2.23. The molecule has 1 aromatic rings. The molecular weight excluding hydrogens is 182 g/mol. The van der Waals surface area contributed by atoms with Gasteiger partial charge in [0.05, 0.1) is 10.0 Å². The maximum absolute atomic E-state index is 10.8. The number of anilines is 1. The van der Waals surface area contributed by atoms with Crippen LogP contribution in [0.4, 0.5) is 5.69 Å². The van der Waals surface area contributed by atoms with Crippen LogP contribution < -0.4 is 5.32 Å². The standard InChI is InChI=1S/C7H8ClNOS/c1-2-7(10)9-5-3-6(8)11-4-5/h3-4H,2H2,1H3,(H,9,10). The topological polar surface area (TPSA) is 29.1 Å². The summed E-state index contributed by atoms with van der Waals surface area (Å²) >= 11 is 7.06. The zero-order valence-corrected chi connectivity index (χ0v) is 7.63. The molecule has 1 amide bonds. The quantitative estimate of drug-likeness (QED) is 0.762. The summed E-state index contributed by atoms with van der Waals surface area (Å²) < 4.78 is 0.691. The van der Waals surface area contributed by atoms with Crippen LogP contribution in [0.2, 0.25) is 4.34 Å². The largest absolute Gasteiger partial charge is 0.325 e. The van der Waals surface area contributed by atoms with Gasteiger partial charge in [-0.25, -0.2) is 0 Å². The molecule has 0 aliphatic rings. The molecule has 60 valence electrons. The lowest BCUT2D eigenvalue weighted by Crippen LogP contribution is -2.08. The average Bonchev–Trinajstić information content (AvgIpc) is 2.35. The number of hydrogen-bond acceptors (Lipinski definition) is 2. The van der Waals surface area contributed by atoms with Gasteiger partial charge in [-0.3, -0.25) is 4.79 Å². The summed E-state index contributed by atoms with van der Waals surface area (Å²) in [5.41, 5.74) is 0.784. The highest BCUT2D eigenvalue weighted by molar-refractivity contribution is 7.14. The first-order valence-electron chi connectivity index (χ1n) is 3.26. The molecule has 11 heavy (non-hydrogen) atoms. The number of thiophene rings is 1. The van der Waals surface area contributed by atoms with E-state index >= 15 is 0 Å². The first kappa shape index (κ1) is 8.56. The maximum atomic E-state index is 10.8. The molecule has 2 nitrogen and oxygen atoms in total. The Kier molecular flexibility index (Phi) is 2.91. The maximum Gasteiger partial charge on any atom is 0.224 e. The van der Waals surface area contributed by atoms with Crippen molar-refractivity contribution in [3.8, 4) is 0 Å². The van der Waals surface area contributed by atoms with Crippen LogP contribution in [0.5, 0.6) is 0 Å². The number of carbonyl (C=O) groups is 1. The monoisotopic (exact) mass is 189 g/mol. The summed E-state index contributed by atoms with van der Waals surface area (Å²) in [7, 11) is 0. The predicted molar refractivity (Wildman–Crippen MR) is 48.2 cm³/mol. The van der Waals surface area contributed by atoms with Gasteiger partial charge in [-0.15, -0.1) is 11.3 Å². The number of amides is 1. The third kappa shape index (κ3) is 2.52. The smallest absolute Gasteiger partial charge is 0.224 e. The minimum Gasteiger partial charge on any atom is -0.325 e. The summed E-state index contributed by atoms with van der Waals surface area (Å²) in [6, 6.07) is 1.74. The predicted octanol–water partition coefficient (Wildman–Crippen LogP) is 2.75. The summed E-state index contributed by atoms with van der Waals surface area (Å²) in [6.45, 7) is 1.81. The lowest BCUT2D eigenvalue weighted by Gasteiger charge is -1.96. The van der Waals surface area contributed by atoms with Crippen LogP contribution >= 0.6 is 22.9 Å². The van der Waals surface area contributed by atoms with E-state index in [1.165, 1.54) is 11.3 Å². The van der Waals surface area contributed by atoms with E-state index in [1.807, 2.05) is 12.3 Å². The first-order chi connectivity index (χ1) is 5.22. The van der Waals surface area contributed by atoms with E-state index in [-0.39, 0.29) is 5.91 Å². The molecule has 0 aliphatic heterocycles. The van der Waals surface area contributed by atoms with Crippen molar-refractivity contribution in [1.82, 2.24) is 0 Å². The highest BCUT2D eigenvalue weighted by atomic mass is 35.5. The molecule has 0 aliphatic carbocycles. The zero-order chi connectivity index (χ0) is 8.27. The Morgan fingerprint density at radius 1 is 1.82 bits per heavy atom. The third-order valence-corrected chi connectivity index (χ3v) is 2.26. The van der Waals surface area contributed by atoms with Crippen molar-refractivity contribution >= 4 is 34.5 Å². The third-order valence-electron chi connectivity index (χ3n) is 1.17. The van der Waals surface area contributed by atoms with Crippen LogP contribution in [-0.4, -0.2) is 5.91 Å². The second-order valence-electron chi connectivity index (χ2n) is 2.04. The second kappa shape index (κ2) is 3.74. The van der Waals surface area contributed by atoms with E-state index in [1.54, 1.807) is 6.07 Å². The lowest BCUT2D eigenvalue weighted by molar-refractivity contribution is -0.115. The number of carbonyl (C=O) groups excluding carboxylic acids is 1. The van der Waals surface area contributed by atoms with Crippen LogP contribution in [-0.2, 0) is 4.79 Å². The van der Waals surface area contributed by atoms with Gasteiger partial charge in [0.25, 0.3) is 0 Å². The Hall–Kier alpha value is -0.540. The summed E-state index contributed by atoms with van der Waals surface area (Å²) in [5.74, 6) is 0.0134. The molecule has 0 radical (unpaired) electrons. The Morgan fingerprint density at radius 2 is 2.55 bits per heavy atom. The van der Waals surface area contributed by atoms with Crippen LogP contribution in [0.25, 0.3) is 0 Å². The van der Waals surface area contributed by atoms with Gasteiger partial charge < -0.3 is 5.32 Å². The fourth-order valence-corrected chi connectivity index (χ4v) is 1.44. The van der Waals surface area contributed by atoms with Crippen molar-refractivity contribution in [2.45, 2.75) is 13.3 Å². The van der Waals surface area contributed by atoms with Crippen molar-refractivity contribution in [2.75, 3.05) is 5.32 Å². The van der Waals surface area contributed by atoms with Gasteiger partial charge in [0.2, 0.25) is 5.91 Å². The fraction of sp³-hybridized carbons (Fsp3) is 0.286. The molecule has 0 aromatic carbocycles. The Labute approximate surface area is 74.2 Å². The van der Waals surface area contributed by atoms with Crippen molar-refractivity contribution in [1.29, 1.82) is 0 Å². The van der Waals surface area contributed by atoms with Gasteiger partial charge in [0.15, 0.2) is 0 Å². The van der Waals surface area contributed by atoms with Crippen molar-refractivity contribution in [3.05, 3.63) is 15.8 Å². The summed E-state index contributed by atoms with van der Waals surface area (Å²) in [5, 5.41) is 4.51. The molecular formula is C7H8ClNOS. The Bertz CT molecular complexity index is 259. The van der Waals surface area contributed by atoms with Gasteiger partial charge in [0, 0.05) is 11.8 Å². The number of nitrogens with one attached hydrogen (secondary N) is 1. The van der Waals surface area contributed by atoms with E-state index in [0.29, 0.717) is 10.8 Å². The van der Waals surface area contributed by atoms with E-state index < -0.39 is 0 Å². The highest BCUT2D eigenvalue weighted by Gasteiger charge is 2.00. The molecule has 0 saturated carbocycles. The van der Waals surface area contributed by atoms with Gasteiger partial charge in [-0.05, 0) is 6.07 Å². The van der Waals surface area contributed by atoms with Gasteiger partial charge >= 0.3 is 0 Å². The van der Waals surface area contributed by atoms with Crippen LogP contribution in [0, 0.1) is 0 Å². The summed E-state index contributed by atoms with van der Waals surface area (Å²) in [4.78, 5) is 10.8. The molecule has 0 unspecified atom stereocenters. The molecule has 1 heterocycles. The number of hydrogen-bond donors (Lipinski definition) is 1. The first-order valence-corrected chi connectivity index (χ1v) is 4.52. The van der Waals surface area contributed by atoms with Gasteiger partial charge in [0.1, 0.15) is 0 Å². The fourth-order valence-electron chi connectivity index (χ4n) is 0.625. The average molecular weight is 190 g/mol. The normalized spacial score (nSPS) is 9.64. The molecule has 0 bridgehead atoms. The molecule has 0 spiro atoms. The second-order valence-corrected chi connectivity index (χ2v) is 3.58. The molecule has 0 saturated heterocycles. The number of halogens is 1. The molecule has 1 aromatic heterocycles. The van der Waals surface area contributed by atoms with E-state index in [2.05, 4.69) is 5.32 Å². The van der Waals surface area contributed by atoms with Crippen molar-refractivity contribution in [2.24, 2.45) is 0 Å². The summed E-state index contributed by atoms with van der Waals surface area (Å²) in [6.07, 6.45) is 0.494. The van der Waals surface area contributed by atoms with Gasteiger partial charge in [-0.1, -0.05) is 18.5 Å². The van der Waals surface area contributed by atoms with Crippen LogP contribution in [0.3, 0.4) is 0 Å². The minimum absolute atomic E-state index is 0.0134. The molecule has 0 atom stereocenters. The van der Waals surface area contributed by atoms with E-state index in [9.17, 15) is 4.79 Å². The Balaban J connectivity index is 2.57. The van der Waals surface area contributed by atoms with Crippen LogP contribution in [0.15, 0.2) is 11.4 Å². The molecule has 1 N–H and O–H groups in total. The molecule has 4 heteroatoms. The Morgan fingerprint density at radius 3 is 3.00 bits per heavy atom. The van der Waals surface area contributed by atoms with E-state index in [0.717, 1.165) is 5.69 Å². The lowest BCUT2D eigenvalue weighted by atomic mass is 10.4. The van der Waals surface area contributed by atoms with Gasteiger partial charge in [-0.2, -0.15) is 0 Å². The van der Waals surface area contributed by atoms with Crippen molar-refractivity contribution in [3.63, 3.8) is 0 Å². The molecule has 0 fully saturated rings. The van der Waals surface area contributed by atoms with Crippen LogP contribution in [0.1, 0.15) is 13.3 Å². The number of rotatable bonds is 2. The van der Waals surface area contributed by atoms with Crippen molar-refractivity contribution < 1.29 is 4.79 Å². The zero-order valence-electron chi connectivity index (χ0n) is 6.06.